The molecule has 1 aliphatic heterocycles. The van der Waals surface area contributed by atoms with Crippen molar-refractivity contribution in [2.24, 2.45) is 5.73 Å². The molecule has 0 spiro atoms. The summed E-state index contributed by atoms with van der Waals surface area (Å²) in [5.74, 6) is -0.815. The van der Waals surface area contributed by atoms with Crippen LogP contribution in [0.3, 0.4) is 0 Å². The van der Waals surface area contributed by atoms with Gasteiger partial charge in [0.05, 0.1) is 5.56 Å². The van der Waals surface area contributed by atoms with Crippen LogP contribution in [0.4, 0.5) is 13.2 Å². The van der Waals surface area contributed by atoms with E-state index in [4.69, 9.17) is 5.73 Å². The highest BCUT2D eigenvalue weighted by atomic mass is 19.4. The van der Waals surface area contributed by atoms with Gasteiger partial charge in [0.1, 0.15) is 6.54 Å². The molecule has 134 valence electrons. The number of aromatic nitrogens is 1. The number of nitrogens with two attached hydrogens (primary N) is 1. The molecule has 2 N–H and O–H groups in total. The van der Waals surface area contributed by atoms with E-state index >= 15 is 0 Å². The molecule has 0 bridgehead atoms. The number of halogens is 3. The van der Waals surface area contributed by atoms with E-state index in [1.54, 1.807) is 11.8 Å². The third-order valence-corrected chi connectivity index (χ3v) is 4.47. The van der Waals surface area contributed by atoms with E-state index < -0.39 is 18.6 Å². The molecule has 5 nitrogen and oxygen atoms in total. The van der Waals surface area contributed by atoms with Crippen LogP contribution in [0.1, 0.15) is 47.4 Å². The van der Waals surface area contributed by atoms with E-state index in [0.717, 1.165) is 17.4 Å². The van der Waals surface area contributed by atoms with E-state index in [0.29, 0.717) is 24.4 Å². The van der Waals surface area contributed by atoms with Gasteiger partial charge in [0.25, 0.3) is 5.91 Å². The SMILES string of the molecule is Cc1cc(C(=O)N2CCCC[C@H]2CC(N)=O)c(C)n1CC(F)(F)F. The second kappa shape index (κ2) is 6.86. The highest BCUT2D eigenvalue weighted by Crippen LogP contribution is 2.27. The molecule has 2 heterocycles. The van der Waals surface area contributed by atoms with Crippen LogP contribution < -0.4 is 5.73 Å². The molecule has 0 aromatic carbocycles. The zero-order valence-corrected chi connectivity index (χ0v) is 13.8. The summed E-state index contributed by atoms with van der Waals surface area (Å²) in [6.45, 7) is 2.42. The first-order valence-electron chi connectivity index (χ1n) is 7.93. The van der Waals surface area contributed by atoms with Crippen LogP contribution in [0.5, 0.6) is 0 Å². The van der Waals surface area contributed by atoms with Crippen molar-refractivity contribution in [3.8, 4) is 0 Å². The molecule has 1 fully saturated rings. The van der Waals surface area contributed by atoms with E-state index in [1.807, 2.05) is 0 Å². The van der Waals surface area contributed by atoms with Gasteiger partial charge in [0.15, 0.2) is 0 Å². The Labute approximate surface area is 138 Å². The Balaban J connectivity index is 2.28. The van der Waals surface area contributed by atoms with Gasteiger partial charge in [-0.25, -0.2) is 0 Å². The fourth-order valence-electron chi connectivity index (χ4n) is 3.31. The van der Waals surface area contributed by atoms with Crippen LogP contribution in [0, 0.1) is 13.8 Å². The molecular weight excluding hydrogens is 323 g/mol. The van der Waals surface area contributed by atoms with Crippen molar-refractivity contribution in [3.63, 3.8) is 0 Å². The van der Waals surface area contributed by atoms with Gasteiger partial charge in [-0.15, -0.1) is 0 Å². The quantitative estimate of drug-likeness (QED) is 0.911. The van der Waals surface area contributed by atoms with Crippen molar-refractivity contribution in [3.05, 3.63) is 23.0 Å². The molecule has 0 radical (unpaired) electrons. The van der Waals surface area contributed by atoms with Gasteiger partial charge >= 0.3 is 6.18 Å². The van der Waals surface area contributed by atoms with Crippen LogP contribution in [0.15, 0.2) is 6.07 Å². The fraction of sp³-hybridized carbons (Fsp3) is 0.625. The van der Waals surface area contributed by atoms with E-state index in [2.05, 4.69) is 0 Å². The number of hydrogen-bond acceptors (Lipinski definition) is 2. The van der Waals surface area contributed by atoms with Crippen LogP contribution in [-0.4, -0.2) is 40.0 Å². The summed E-state index contributed by atoms with van der Waals surface area (Å²) in [6.07, 6.45) is -1.89. The second-order valence-electron chi connectivity index (χ2n) is 6.30. The molecule has 1 aromatic rings. The van der Waals surface area contributed by atoms with Crippen molar-refractivity contribution in [1.82, 2.24) is 9.47 Å². The van der Waals surface area contributed by atoms with Crippen LogP contribution in [-0.2, 0) is 11.3 Å². The normalized spacial score (nSPS) is 18.7. The zero-order valence-electron chi connectivity index (χ0n) is 13.8. The van der Waals surface area contributed by atoms with Crippen molar-refractivity contribution >= 4 is 11.8 Å². The molecule has 1 saturated heterocycles. The number of carbonyl (C=O) groups excluding carboxylic acids is 2. The van der Waals surface area contributed by atoms with Gasteiger partial charge in [0, 0.05) is 30.4 Å². The summed E-state index contributed by atoms with van der Waals surface area (Å²) < 4.78 is 39.2. The number of likely N-dealkylation sites (tertiary alicyclic amines) is 1. The lowest BCUT2D eigenvalue weighted by molar-refractivity contribution is -0.141. The number of primary amides is 1. The fourth-order valence-corrected chi connectivity index (χ4v) is 3.31. The van der Waals surface area contributed by atoms with E-state index in [1.165, 1.54) is 13.0 Å². The lowest BCUT2D eigenvalue weighted by Gasteiger charge is -2.35. The minimum atomic E-state index is -4.35. The summed E-state index contributed by atoms with van der Waals surface area (Å²) >= 11 is 0. The third-order valence-electron chi connectivity index (χ3n) is 4.47. The molecule has 2 rings (SSSR count). The molecule has 1 aromatic heterocycles. The molecule has 8 heteroatoms. The zero-order chi connectivity index (χ0) is 18.1. The molecule has 24 heavy (non-hydrogen) atoms. The lowest BCUT2D eigenvalue weighted by Crippen LogP contribution is -2.45. The maximum Gasteiger partial charge on any atom is 0.406 e. The largest absolute Gasteiger partial charge is 0.406 e. The molecule has 1 atom stereocenters. The van der Waals surface area contributed by atoms with E-state index in [9.17, 15) is 22.8 Å². The van der Waals surface area contributed by atoms with E-state index in [-0.39, 0.29) is 23.9 Å². The maximum atomic E-state index is 12.8. The number of hydrogen-bond donors (Lipinski definition) is 1. The minimum Gasteiger partial charge on any atom is -0.370 e. The number of rotatable bonds is 4. The summed E-state index contributed by atoms with van der Waals surface area (Å²) in [6, 6.07) is 1.20. The maximum absolute atomic E-state index is 12.8. The number of alkyl halides is 3. The Hall–Kier alpha value is -1.99. The molecular formula is C16H22F3N3O2. The Morgan fingerprint density at radius 3 is 2.54 bits per heavy atom. The number of piperidine rings is 1. The average molecular weight is 345 g/mol. The van der Waals surface area contributed by atoms with Gasteiger partial charge < -0.3 is 15.2 Å². The Kier molecular flexibility index (Phi) is 5.25. The topological polar surface area (TPSA) is 68.3 Å². The van der Waals surface area contributed by atoms with Gasteiger partial charge in [-0.3, -0.25) is 9.59 Å². The van der Waals surface area contributed by atoms with Crippen molar-refractivity contribution in [2.45, 2.75) is 58.3 Å². The molecule has 2 amide bonds. The highest BCUT2D eigenvalue weighted by Gasteiger charge is 2.33. The smallest absolute Gasteiger partial charge is 0.370 e. The van der Waals surface area contributed by atoms with Crippen LogP contribution in [0.2, 0.25) is 0 Å². The first-order valence-corrected chi connectivity index (χ1v) is 7.93. The Bertz CT molecular complexity index is 637. The van der Waals surface area contributed by atoms with Crippen molar-refractivity contribution in [2.75, 3.05) is 6.54 Å². The number of aryl methyl sites for hydroxylation is 1. The van der Waals surface area contributed by atoms with Gasteiger partial charge in [0.2, 0.25) is 5.91 Å². The lowest BCUT2D eigenvalue weighted by atomic mass is 9.98. The standard InChI is InChI=1S/C16H22F3N3O2/c1-10-7-13(11(2)22(10)9-16(17,18)19)15(24)21-6-4-3-5-12(21)8-14(20)23/h7,12H,3-6,8-9H2,1-2H3,(H2,20,23)/t12-/m0/s1. The second-order valence-corrected chi connectivity index (χ2v) is 6.30. The van der Waals surface area contributed by atoms with Gasteiger partial charge in [-0.2, -0.15) is 13.2 Å². The summed E-state index contributed by atoms with van der Waals surface area (Å²) in [4.78, 5) is 25.6. The molecule has 0 saturated carbocycles. The molecule has 1 aliphatic rings. The Morgan fingerprint density at radius 2 is 1.96 bits per heavy atom. The third kappa shape index (κ3) is 4.10. The predicted molar refractivity (Wildman–Crippen MR) is 82.4 cm³/mol. The number of carbonyl (C=O) groups is 2. The molecule has 0 unspecified atom stereocenters. The summed E-state index contributed by atoms with van der Waals surface area (Å²) in [5.41, 5.74) is 6.18. The van der Waals surface area contributed by atoms with Gasteiger partial charge in [-0.05, 0) is 39.2 Å². The summed E-state index contributed by atoms with van der Waals surface area (Å²) in [5, 5.41) is 0. The monoisotopic (exact) mass is 345 g/mol. The first kappa shape index (κ1) is 18.4. The van der Waals surface area contributed by atoms with Gasteiger partial charge in [-0.1, -0.05) is 0 Å². The molecule has 0 aliphatic carbocycles. The summed E-state index contributed by atoms with van der Waals surface area (Å²) in [7, 11) is 0. The average Bonchev–Trinajstić information content (AvgIpc) is 2.73. The highest BCUT2D eigenvalue weighted by molar-refractivity contribution is 5.96. The van der Waals surface area contributed by atoms with Crippen LogP contribution >= 0.6 is 0 Å². The number of amides is 2. The predicted octanol–water partition coefficient (Wildman–Crippen LogP) is 2.54. The van der Waals surface area contributed by atoms with Crippen LogP contribution in [0.25, 0.3) is 0 Å². The van der Waals surface area contributed by atoms with Crippen molar-refractivity contribution in [1.29, 1.82) is 0 Å². The minimum absolute atomic E-state index is 0.0764. The first-order chi connectivity index (χ1) is 11.1. The number of nitrogens with zero attached hydrogens (tertiary/aromatic N) is 2. The van der Waals surface area contributed by atoms with Crippen molar-refractivity contribution < 1.29 is 22.8 Å². The Morgan fingerprint density at radius 1 is 1.29 bits per heavy atom.